The van der Waals surface area contributed by atoms with Crippen LogP contribution >= 0.6 is 11.6 Å². The van der Waals surface area contributed by atoms with Crippen LogP contribution in [-0.2, 0) is 0 Å². The summed E-state index contributed by atoms with van der Waals surface area (Å²) in [4.78, 5) is 0. The van der Waals surface area contributed by atoms with E-state index in [1.807, 2.05) is 6.07 Å². The van der Waals surface area contributed by atoms with Gasteiger partial charge in [-0.3, -0.25) is 0 Å². The van der Waals surface area contributed by atoms with Crippen molar-refractivity contribution in [1.82, 2.24) is 0 Å². The monoisotopic (exact) mass is 272 g/mol. The van der Waals surface area contributed by atoms with Gasteiger partial charge >= 0.3 is 0 Å². The van der Waals surface area contributed by atoms with Crippen molar-refractivity contribution >= 4 is 11.6 Å². The Morgan fingerprint density at radius 1 is 1.11 bits per heavy atom. The fourth-order valence-corrected chi connectivity index (χ4v) is 2.23. The standard InChI is InChI=1S/C13H21ClN2O2/c1-8(9(6-15)7-16)10-4-13(18-3)11(14)5-12(10)17-2/h4-5,8-9H,6-7,15-16H2,1-3H3. The lowest BCUT2D eigenvalue weighted by Crippen LogP contribution is -2.28. The Bertz CT molecular complexity index is 395. The Kier molecular flexibility index (Phi) is 5.72. The molecule has 0 saturated heterocycles. The van der Waals surface area contributed by atoms with Crippen LogP contribution in [0, 0.1) is 5.92 Å². The highest BCUT2D eigenvalue weighted by molar-refractivity contribution is 6.32. The SMILES string of the molecule is COc1cc(C(C)C(CN)CN)c(OC)cc1Cl. The maximum Gasteiger partial charge on any atom is 0.138 e. The molecule has 0 aliphatic rings. The predicted octanol–water partition coefficient (Wildman–Crippen LogP) is 1.99. The smallest absolute Gasteiger partial charge is 0.138 e. The van der Waals surface area contributed by atoms with E-state index in [2.05, 4.69) is 6.92 Å². The Hall–Kier alpha value is -0.970. The highest BCUT2D eigenvalue weighted by Gasteiger charge is 2.21. The normalized spacial score (nSPS) is 12.6. The second kappa shape index (κ2) is 6.83. The molecule has 0 aliphatic carbocycles. The van der Waals surface area contributed by atoms with Gasteiger partial charge in [0.2, 0.25) is 0 Å². The van der Waals surface area contributed by atoms with Gasteiger partial charge in [0.1, 0.15) is 11.5 Å². The van der Waals surface area contributed by atoms with Gasteiger partial charge in [-0.2, -0.15) is 0 Å². The van der Waals surface area contributed by atoms with E-state index in [0.717, 1.165) is 11.3 Å². The van der Waals surface area contributed by atoms with Crippen LogP contribution in [0.5, 0.6) is 11.5 Å². The molecule has 1 unspecified atom stereocenters. The first-order chi connectivity index (χ1) is 8.58. The molecule has 0 fully saturated rings. The summed E-state index contributed by atoms with van der Waals surface area (Å²) in [5, 5.41) is 0.530. The van der Waals surface area contributed by atoms with Gasteiger partial charge in [-0.1, -0.05) is 18.5 Å². The fourth-order valence-electron chi connectivity index (χ4n) is 2.00. The topological polar surface area (TPSA) is 70.5 Å². The van der Waals surface area contributed by atoms with Gasteiger partial charge < -0.3 is 20.9 Å². The zero-order valence-electron chi connectivity index (χ0n) is 11.1. The second-order valence-corrected chi connectivity index (χ2v) is 4.66. The van der Waals surface area contributed by atoms with Gasteiger partial charge in [0.25, 0.3) is 0 Å². The van der Waals surface area contributed by atoms with Gasteiger partial charge in [0.05, 0.1) is 19.2 Å². The zero-order chi connectivity index (χ0) is 13.7. The summed E-state index contributed by atoms with van der Waals surface area (Å²) in [6.07, 6.45) is 0. The van der Waals surface area contributed by atoms with Crippen LogP contribution in [0.2, 0.25) is 5.02 Å². The number of rotatable bonds is 6. The Morgan fingerprint density at radius 3 is 2.11 bits per heavy atom. The van der Waals surface area contributed by atoms with Crippen molar-refractivity contribution in [2.75, 3.05) is 27.3 Å². The minimum absolute atomic E-state index is 0.182. The van der Waals surface area contributed by atoms with Crippen molar-refractivity contribution in [1.29, 1.82) is 0 Å². The summed E-state index contributed by atoms with van der Waals surface area (Å²) < 4.78 is 10.6. The summed E-state index contributed by atoms with van der Waals surface area (Å²) in [6.45, 7) is 3.15. The minimum atomic E-state index is 0.182. The molecule has 0 aliphatic heterocycles. The molecule has 4 nitrogen and oxygen atoms in total. The molecule has 18 heavy (non-hydrogen) atoms. The maximum atomic E-state index is 6.08. The van der Waals surface area contributed by atoms with E-state index < -0.39 is 0 Å². The largest absolute Gasteiger partial charge is 0.496 e. The molecule has 5 heteroatoms. The number of ether oxygens (including phenoxy) is 2. The molecule has 0 heterocycles. The van der Waals surface area contributed by atoms with Crippen molar-refractivity contribution in [3.8, 4) is 11.5 Å². The summed E-state index contributed by atoms with van der Waals surface area (Å²) >= 11 is 6.08. The fraction of sp³-hybridized carbons (Fsp3) is 0.538. The maximum absolute atomic E-state index is 6.08. The van der Waals surface area contributed by atoms with E-state index in [0.29, 0.717) is 23.9 Å². The molecule has 0 amide bonds. The zero-order valence-corrected chi connectivity index (χ0v) is 11.8. The van der Waals surface area contributed by atoms with Gasteiger partial charge in [0, 0.05) is 11.6 Å². The molecule has 1 rings (SSSR count). The second-order valence-electron chi connectivity index (χ2n) is 4.25. The lowest BCUT2D eigenvalue weighted by atomic mass is 9.87. The lowest BCUT2D eigenvalue weighted by molar-refractivity contribution is 0.383. The predicted molar refractivity (Wildman–Crippen MR) is 74.6 cm³/mol. The van der Waals surface area contributed by atoms with Crippen LogP contribution in [0.3, 0.4) is 0 Å². The van der Waals surface area contributed by atoms with E-state index in [1.54, 1.807) is 20.3 Å². The molecule has 1 aromatic rings. The van der Waals surface area contributed by atoms with Crippen LogP contribution in [0.1, 0.15) is 18.4 Å². The molecule has 1 aromatic carbocycles. The number of benzene rings is 1. The number of hydrogen-bond acceptors (Lipinski definition) is 4. The van der Waals surface area contributed by atoms with Crippen LogP contribution < -0.4 is 20.9 Å². The van der Waals surface area contributed by atoms with Crippen molar-refractivity contribution < 1.29 is 9.47 Å². The Morgan fingerprint density at radius 2 is 1.67 bits per heavy atom. The number of halogens is 1. The molecule has 0 bridgehead atoms. The summed E-state index contributed by atoms with van der Waals surface area (Å²) in [7, 11) is 3.21. The van der Waals surface area contributed by atoms with Crippen molar-refractivity contribution in [3.05, 3.63) is 22.7 Å². The van der Waals surface area contributed by atoms with E-state index in [1.165, 1.54) is 0 Å². The molecule has 102 valence electrons. The molecule has 4 N–H and O–H groups in total. The van der Waals surface area contributed by atoms with Crippen LogP contribution in [0.4, 0.5) is 0 Å². The van der Waals surface area contributed by atoms with Gasteiger partial charge in [-0.05, 0) is 31.0 Å². The van der Waals surface area contributed by atoms with Gasteiger partial charge in [-0.15, -0.1) is 0 Å². The summed E-state index contributed by atoms with van der Waals surface area (Å²) in [5.74, 6) is 1.75. The van der Waals surface area contributed by atoms with Crippen LogP contribution in [-0.4, -0.2) is 27.3 Å². The van der Waals surface area contributed by atoms with E-state index in [9.17, 15) is 0 Å². The highest BCUT2D eigenvalue weighted by atomic mass is 35.5. The number of methoxy groups -OCH3 is 2. The van der Waals surface area contributed by atoms with Crippen LogP contribution in [0.15, 0.2) is 12.1 Å². The van der Waals surface area contributed by atoms with Crippen LogP contribution in [0.25, 0.3) is 0 Å². The third-order valence-electron chi connectivity index (χ3n) is 3.31. The van der Waals surface area contributed by atoms with E-state index in [4.69, 9.17) is 32.5 Å². The molecule has 0 saturated carbocycles. The summed E-state index contributed by atoms with van der Waals surface area (Å²) in [6, 6.07) is 3.65. The Balaban J connectivity index is 3.20. The third kappa shape index (κ3) is 3.07. The van der Waals surface area contributed by atoms with Crippen molar-refractivity contribution in [2.45, 2.75) is 12.8 Å². The first-order valence-corrected chi connectivity index (χ1v) is 6.28. The Labute approximate surface area is 113 Å². The molecule has 1 atom stereocenters. The molecule has 0 spiro atoms. The van der Waals surface area contributed by atoms with Crippen molar-refractivity contribution in [3.63, 3.8) is 0 Å². The number of nitrogens with two attached hydrogens (primary N) is 2. The molecular formula is C13H21ClN2O2. The van der Waals surface area contributed by atoms with Gasteiger partial charge in [0.15, 0.2) is 0 Å². The van der Waals surface area contributed by atoms with Crippen molar-refractivity contribution in [2.24, 2.45) is 17.4 Å². The first-order valence-electron chi connectivity index (χ1n) is 5.90. The summed E-state index contributed by atoms with van der Waals surface area (Å²) in [5.41, 5.74) is 12.5. The molecule has 0 radical (unpaired) electrons. The third-order valence-corrected chi connectivity index (χ3v) is 3.60. The number of hydrogen-bond donors (Lipinski definition) is 2. The first kappa shape index (κ1) is 15.1. The van der Waals surface area contributed by atoms with E-state index >= 15 is 0 Å². The van der Waals surface area contributed by atoms with Gasteiger partial charge in [-0.25, -0.2) is 0 Å². The highest BCUT2D eigenvalue weighted by Crippen LogP contribution is 2.38. The minimum Gasteiger partial charge on any atom is -0.496 e. The molecular weight excluding hydrogens is 252 g/mol. The lowest BCUT2D eigenvalue weighted by Gasteiger charge is -2.24. The van der Waals surface area contributed by atoms with E-state index in [-0.39, 0.29) is 11.8 Å². The quantitative estimate of drug-likeness (QED) is 0.831. The molecule has 0 aromatic heterocycles. The average molecular weight is 273 g/mol. The average Bonchev–Trinajstić information content (AvgIpc) is 2.39.